The Balaban J connectivity index is 1.48. The Bertz CT molecular complexity index is 630. The predicted molar refractivity (Wildman–Crippen MR) is 103 cm³/mol. The zero-order valence-electron chi connectivity index (χ0n) is 16.7. The largest absolute Gasteiger partial charge is 0.345 e. The van der Waals surface area contributed by atoms with E-state index in [4.69, 9.17) is 0 Å². The quantitative estimate of drug-likeness (QED) is 0.794. The molecule has 1 aromatic rings. The molecule has 3 rings (SSSR count). The van der Waals surface area contributed by atoms with E-state index in [1.165, 1.54) is 32.6 Å². The van der Waals surface area contributed by atoms with Crippen molar-refractivity contribution >= 4 is 11.8 Å². The van der Waals surface area contributed by atoms with Crippen LogP contribution in [-0.4, -0.2) is 50.8 Å². The summed E-state index contributed by atoms with van der Waals surface area (Å²) in [4.78, 5) is 26.0. The van der Waals surface area contributed by atoms with Crippen LogP contribution in [0.2, 0.25) is 0 Å². The molecule has 1 N–H and O–H groups in total. The van der Waals surface area contributed by atoms with Gasteiger partial charge in [-0.25, -0.2) is 0 Å². The van der Waals surface area contributed by atoms with Gasteiger partial charge in [-0.15, -0.1) is 5.10 Å². The number of piperidine rings is 1. The Morgan fingerprint density at radius 2 is 1.93 bits per heavy atom. The molecule has 2 aliphatic rings. The molecule has 1 aromatic heterocycles. The third-order valence-corrected chi connectivity index (χ3v) is 5.95. The van der Waals surface area contributed by atoms with Crippen molar-refractivity contribution in [3.05, 3.63) is 11.9 Å². The number of nitrogens with one attached hydrogen (secondary N) is 1. The predicted octanol–water partition coefficient (Wildman–Crippen LogP) is 2.48. The van der Waals surface area contributed by atoms with E-state index >= 15 is 0 Å². The number of rotatable bonds is 7. The molecule has 1 saturated heterocycles. The van der Waals surface area contributed by atoms with Gasteiger partial charge in [-0.3, -0.25) is 14.3 Å². The maximum atomic E-state index is 12.7. The van der Waals surface area contributed by atoms with Gasteiger partial charge in [-0.1, -0.05) is 31.4 Å². The minimum atomic E-state index is -0.381. The van der Waals surface area contributed by atoms with Gasteiger partial charge in [-0.2, -0.15) is 0 Å². The number of likely N-dealkylation sites (tertiary alicyclic amines) is 1. The maximum Gasteiger partial charge on any atom is 0.245 e. The van der Waals surface area contributed by atoms with Crippen molar-refractivity contribution < 1.29 is 9.59 Å². The van der Waals surface area contributed by atoms with Crippen molar-refractivity contribution in [3.8, 4) is 0 Å². The van der Waals surface area contributed by atoms with E-state index in [2.05, 4.69) is 21.8 Å². The molecule has 2 heterocycles. The van der Waals surface area contributed by atoms with Gasteiger partial charge >= 0.3 is 0 Å². The third kappa shape index (κ3) is 5.30. The molecule has 0 aromatic carbocycles. The van der Waals surface area contributed by atoms with Crippen LogP contribution in [0, 0.1) is 5.92 Å². The monoisotopic (exact) mass is 375 g/mol. The zero-order chi connectivity index (χ0) is 19.2. The highest BCUT2D eigenvalue weighted by Crippen LogP contribution is 2.32. The van der Waals surface area contributed by atoms with Crippen LogP contribution in [0.3, 0.4) is 0 Å². The summed E-state index contributed by atoms with van der Waals surface area (Å²) in [5, 5.41) is 11.5. The number of hydrogen-bond donors (Lipinski definition) is 1. The van der Waals surface area contributed by atoms with Crippen LogP contribution in [0.4, 0.5) is 0 Å². The first-order chi connectivity index (χ1) is 13.1. The average molecular weight is 376 g/mol. The van der Waals surface area contributed by atoms with E-state index in [1.54, 1.807) is 0 Å². The van der Waals surface area contributed by atoms with Crippen LogP contribution >= 0.6 is 0 Å². The molecule has 1 aliphatic heterocycles. The minimum absolute atomic E-state index is 0.0646. The van der Waals surface area contributed by atoms with Crippen molar-refractivity contribution in [2.45, 2.75) is 83.7 Å². The maximum absolute atomic E-state index is 12.7. The molecule has 0 spiro atoms. The molecule has 0 unspecified atom stereocenters. The van der Waals surface area contributed by atoms with E-state index in [0.717, 1.165) is 44.6 Å². The Kier molecular flexibility index (Phi) is 6.85. The van der Waals surface area contributed by atoms with E-state index in [0.29, 0.717) is 18.3 Å². The van der Waals surface area contributed by atoms with E-state index in [1.807, 2.05) is 16.5 Å². The lowest BCUT2D eigenvalue weighted by Gasteiger charge is -2.34. The van der Waals surface area contributed by atoms with Crippen LogP contribution in [0.1, 0.15) is 76.8 Å². The molecule has 7 nitrogen and oxygen atoms in total. The van der Waals surface area contributed by atoms with Crippen LogP contribution in [0.15, 0.2) is 6.20 Å². The van der Waals surface area contributed by atoms with Crippen LogP contribution in [0.5, 0.6) is 0 Å². The Morgan fingerprint density at radius 3 is 2.56 bits per heavy atom. The molecule has 2 amide bonds. The highest BCUT2D eigenvalue weighted by molar-refractivity contribution is 5.86. The number of nitrogens with zero attached hydrogens (tertiary/aromatic N) is 4. The lowest BCUT2D eigenvalue weighted by Crippen LogP contribution is -2.50. The van der Waals surface area contributed by atoms with E-state index in [-0.39, 0.29) is 17.9 Å². The van der Waals surface area contributed by atoms with Gasteiger partial charge in [0.2, 0.25) is 11.8 Å². The lowest BCUT2D eigenvalue weighted by molar-refractivity contribution is -0.137. The summed E-state index contributed by atoms with van der Waals surface area (Å²) < 4.78 is 1.99. The highest BCUT2D eigenvalue weighted by Gasteiger charge is 2.29. The second kappa shape index (κ2) is 9.33. The molecule has 1 saturated carbocycles. The van der Waals surface area contributed by atoms with Crippen molar-refractivity contribution in [3.63, 3.8) is 0 Å². The van der Waals surface area contributed by atoms with Crippen molar-refractivity contribution in [1.29, 1.82) is 0 Å². The first kappa shape index (κ1) is 19.8. The first-order valence-corrected chi connectivity index (χ1v) is 10.5. The van der Waals surface area contributed by atoms with Gasteiger partial charge in [0.1, 0.15) is 6.04 Å². The number of carbonyl (C=O) groups is 2. The second-order valence-corrected chi connectivity index (χ2v) is 8.16. The fourth-order valence-corrected chi connectivity index (χ4v) is 4.42. The number of carbonyl (C=O) groups excluding carboxylic acids is 2. The van der Waals surface area contributed by atoms with Crippen molar-refractivity contribution in [2.24, 2.45) is 5.92 Å². The molecule has 2 fully saturated rings. The normalized spacial score (nSPS) is 20.0. The lowest BCUT2D eigenvalue weighted by atomic mass is 9.96. The summed E-state index contributed by atoms with van der Waals surface area (Å²) >= 11 is 0. The van der Waals surface area contributed by atoms with Crippen molar-refractivity contribution in [1.82, 2.24) is 25.2 Å². The first-order valence-electron chi connectivity index (χ1n) is 10.5. The van der Waals surface area contributed by atoms with Crippen molar-refractivity contribution in [2.75, 3.05) is 13.1 Å². The minimum Gasteiger partial charge on any atom is -0.345 e. The van der Waals surface area contributed by atoms with Crippen LogP contribution < -0.4 is 5.32 Å². The van der Waals surface area contributed by atoms with E-state index in [9.17, 15) is 9.59 Å². The summed E-state index contributed by atoms with van der Waals surface area (Å²) in [6.45, 7) is 5.90. The number of hydrogen-bond acceptors (Lipinski definition) is 4. The Hall–Kier alpha value is -1.92. The zero-order valence-corrected chi connectivity index (χ0v) is 16.7. The topological polar surface area (TPSA) is 80.1 Å². The van der Waals surface area contributed by atoms with Gasteiger partial charge in [0.15, 0.2) is 0 Å². The van der Waals surface area contributed by atoms with E-state index < -0.39 is 0 Å². The van der Waals surface area contributed by atoms with Gasteiger partial charge in [0, 0.05) is 38.7 Å². The van der Waals surface area contributed by atoms with Gasteiger partial charge in [-0.05, 0) is 38.0 Å². The molecule has 0 bridgehead atoms. The molecule has 27 heavy (non-hydrogen) atoms. The van der Waals surface area contributed by atoms with Crippen LogP contribution in [0.25, 0.3) is 0 Å². The molecular weight excluding hydrogens is 342 g/mol. The summed E-state index contributed by atoms with van der Waals surface area (Å²) in [5.74, 6) is 1.05. The summed E-state index contributed by atoms with van der Waals surface area (Å²) in [6, 6.07) is -0.381. The van der Waals surface area contributed by atoms with Gasteiger partial charge in [0.25, 0.3) is 0 Å². The molecule has 1 aliphatic carbocycles. The number of aromatic nitrogens is 3. The molecule has 1 atom stereocenters. The molecule has 150 valence electrons. The Morgan fingerprint density at radius 1 is 1.22 bits per heavy atom. The SMILES string of the molecule is CCC[C@H](NC(C)=O)C(=O)N1CCC(Cn2cc(C3CCCC3)nn2)CC1. The smallest absolute Gasteiger partial charge is 0.245 e. The Labute approximate surface area is 161 Å². The standard InChI is InChI=1S/C20H33N5O2/c1-3-6-18(21-15(2)26)20(27)24-11-9-16(10-12-24)13-25-14-19(22-23-25)17-7-4-5-8-17/h14,16-18H,3-13H2,1-2H3,(H,21,26)/t18-/m0/s1. The summed E-state index contributed by atoms with van der Waals surface area (Å²) in [5.41, 5.74) is 1.15. The third-order valence-electron chi connectivity index (χ3n) is 5.95. The van der Waals surface area contributed by atoms with Gasteiger partial charge in [0.05, 0.1) is 5.69 Å². The highest BCUT2D eigenvalue weighted by atomic mass is 16.2. The van der Waals surface area contributed by atoms with Crippen LogP contribution in [-0.2, 0) is 16.1 Å². The molecule has 7 heteroatoms. The molecular formula is C20H33N5O2. The number of amides is 2. The second-order valence-electron chi connectivity index (χ2n) is 8.16. The fourth-order valence-electron chi connectivity index (χ4n) is 4.42. The molecule has 0 radical (unpaired) electrons. The van der Waals surface area contributed by atoms with Gasteiger partial charge < -0.3 is 10.2 Å². The average Bonchev–Trinajstić information content (AvgIpc) is 3.32. The summed E-state index contributed by atoms with van der Waals surface area (Å²) in [7, 11) is 0. The fraction of sp³-hybridized carbons (Fsp3) is 0.800. The summed E-state index contributed by atoms with van der Waals surface area (Å²) in [6.07, 6.45) is 10.8.